The lowest BCUT2D eigenvalue weighted by Crippen LogP contribution is -1.83. The summed E-state index contributed by atoms with van der Waals surface area (Å²) in [5.74, 6) is 0.882. The van der Waals surface area contributed by atoms with Crippen molar-refractivity contribution in [3.63, 3.8) is 0 Å². The Labute approximate surface area is 115 Å². The van der Waals surface area contributed by atoms with Crippen molar-refractivity contribution in [2.45, 2.75) is 0 Å². The number of aromatic amines is 2. The quantitative estimate of drug-likeness (QED) is 0.578. The van der Waals surface area contributed by atoms with Crippen LogP contribution in [0.3, 0.4) is 0 Å². The van der Waals surface area contributed by atoms with Crippen molar-refractivity contribution in [1.29, 1.82) is 0 Å². The summed E-state index contributed by atoms with van der Waals surface area (Å²) in [6, 6.07) is 16.3. The van der Waals surface area contributed by atoms with Gasteiger partial charge in [0.1, 0.15) is 5.82 Å². The van der Waals surface area contributed by atoms with Crippen LogP contribution in [0, 0.1) is 0 Å². The Balaban J connectivity index is 1.84. The molecule has 2 heterocycles. The molecule has 0 atom stereocenters. The van der Waals surface area contributed by atoms with Crippen LogP contribution in [0.2, 0.25) is 0 Å². The fourth-order valence-electron chi connectivity index (χ4n) is 2.34. The molecule has 4 rings (SSSR count). The molecule has 4 heteroatoms. The lowest BCUT2D eigenvalue weighted by atomic mass is 10.1. The van der Waals surface area contributed by atoms with Gasteiger partial charge in [-0.1, -0.05) is 30.3 Å². The molecular formula is C16H12N4. The molecule has 0 fully saturated rings. The van der Waals surface area contributed by atoms with Gasteiger partial charge in [-0.15, -0.1) is 0 Å². The highest BCUT2D eigenvalue weighted by Crippen LogP contribution is 2.24. The van der Waals surface area contributed by atoms with Gasteiger partial charge in [0.25, 0.3) is 0 Å². The van der Waals surface area contributed by atoms with E-state index >= 15 is 0 Å². The first-order valence-corrected chi connectivity index (χ1v) is 6.44. The SMILES string of the molecule is c1cc(-c2cnc[nH]2)cc(-c2nc3ccccc3[nH]2)c1. The second-order valence-corrected chi connectivity index (χ2v) is 4.65. The molecule has 2 aromatic heterocycles. The van der Waals surface area contributed by atoms with E-state index in [4.69, 9.17) is 0 Å². The zero-order valence-corrected chi connectivity index (χ0v) is 10.7. The van der Waals surface area contributed by atoms with Gasteiger partial charge in [-0.05, 0) is 18.2 Å². The summed E-state index contributed by atoms with van der Waals surface area (Å²) in [6.07, 6.45) is 3.50. The zero-order valence-electron chi connectivity index (χ0n) is 10.7. The van der Waals surface area contributed by atoms with Crippen molar-refractivity contribution >= 4 is 11.0 Å². The molecule has 2 aromatic carbocycles. The van der Waals surface area contributed by atoms with Gasteiger partial charge in [-0.3, -0.25) is 0 Å². The number of rotatable bonds is 2. The Morgan fingerprint density at radius 2 is 1.80 bits per heavy atom. The van der Waals surface area contributed by atoms with Crippen LogP contribution >= 0.6 is 0 Å². The smallest absolute Gasteiger partial charge is 0.138 e. The predicted octanol–water partition coefficient (Wildman–Crippen LogP) is 3.62. The van der Waals surface area contributed by atoms with Crippen LogP contribution in [0.4, 0.5) is 0 Å². The first-order valence-electron chi connectivity index (χ1n) is 6.44. The molecule has 4 aromatic rings. The van der Waals surface area contributed by atoms with Gasteiger partial charge in [0.15, 0.2) is 0 Å². The molecule has 96 valence electrons. The third-order valence-electron chi connectivity index (χ3n) is 3.33. The molecule has 0 bridgehead atoms. The van der Waals surface area contributed by atoms with E-state index in [1.165, 1.54) is 0 Å². The average Bonchev–Trinajstić information content (AvgIpc) is 3.16. The molecule has 0 amide bonds. The first-order chi connectivity index (χ1) is 9.90. The third-order valence-corrected chi connectivity index (χ3v) is 3.33. The molecular weight excluding hydrogens is 248 g/mol. The number of hydrogen-bond donors (Lipinski definition) is 2. The molecule has 2 N–H and O–H groups in total. The lowest BCUT2D eigenvalue weighted by Gasteiger charge is -2.01. The van der Waals surface area contributed by atoms with Crippen LogP contribution in [0.1, 0.15) is 0 Å². The maximum Gasteiger partial charge on any atom is 0.138 e. The van der Waals surface area contributed by atoms with Gasteiger partial charge in [0, 0.05) is 11.1 Å². The lowest BCUT2D eigenvalue weighted by molar-refractivity contribution is 1.31. The largest absolute Gasteiger partial charge is 0.345 e. The van der Waals surface area contributed by atoms with Crippen molar-refractivity contribution in [3.8, 4) is 22.6 Å². The van der Waals surface area contributed by atoms with Crippen molar-refractivity contribution in [3.05, 3.63) is 61.1 Å². The Morgan fingerprint density at radius 3 is 2.65 bits per heavy atom. The Hall–Kier alpha value is -2.88. The van der Waals surface area contributed by atoms with Crippen LogP contribution in [0.25, 0.3) is 33.7 Å². The fourth-order valence-corrected chi connectivity index (χ4v) is 2.34. The number of hydrogen-bond acceptors (Lipinski definition) is 2. The van der Waals surface area contributed by atoms with E-state index in [-0.39, 0.29) is 0 Å². The third kappa shape index (κ3) is 1.78. The normalized spacial score (nSPS) is 11.0. The van der Waals surface area contributed by atoms with E-state index in [1.807, 2.05) is 36.5 Å². The number of fused-ring (bicyclic) bond motifs is 1. The van der Waals surface area contributed by atoms with Gasteiger partial charge < -0.3 is 9.97 Å². The van der Waals surface area contributed by atoms with E-state index in [0.29, 0.717) is 0 Å². The standard InChI is InChI=1S/C16H12N4/c1-2-7-14-13(6-1)19-16(20-14)12-5-3-4-11(8-12)15-9-17-10-18-15/h1-10H,(H,17,18)(H,19,20). The second kappa shape index (κ2) is 4.35. The van der Waals surface area contributed by atoms with Crippen molar-refractivity contribution in [1.82, 2.24) is 19.9 Å². The Kier molecular flexibility index (Phi) is 2.39. The summed E-state index contributed by atoms with van der Waals surface area (Å²) in [5, 5.41) is 0. The molecule has 0 aliphatic heterocycles. The summed E-state index contributed by atoms with van der Waals surface area (Å²) < 4.78 is 0. The van der Waals surface area contributed by atoms with Crippen molar-refractivity contribution in [2.75, 3.05) is 0 Å². The highest BCUT2D eigenvalue weighted by Gasteiger charge is 2.06. The summed E-state index contributed by atoms with van der Waals surface area (Å²) in [4.78, 5) is 15.1. The monoisotopic (exact) mass is 260 g/mol. The fraction of sp³-hybridized carbons (Fsp3) is 0. The minimum Gasteiger partial charge on any atom is -0.345 e. The zero-order chi connectivity index (χ0) is 13.4. The average molecular weight is 260 g/mol. The van der Waals surface area contributed by atoms with Gasteiger partial charge in [0.2, 0.25) is 0 Å². The molecule has 0 aliphatic carbocycles. The number of imidazole rings is 2. The van der Waals surface area contributed by atoms with Gasteiger partial charge in [-0.25, -0.2) is 9.97 Å². The van der Waals surface area contributed by atoms with E-state index in [1.54, 1.807) is 6.33 Å². The van der Waals surface area contributed by atoms with E-state index in [9.17, 15) is 0 Å². The first kappa shape index (κ1) is 11.0. The number of aromatic nitrogens is 4. The molecule has 0 saturated heterocycles. The van der Waals surface area contributed by atoms with E-state index in [2.05, 4.69) is 38.1 Å². The molecule has 0 unspecified atom stereocenters. The second-order valence-electron chi connectivity index (χ2n) is 4.65. The number of nitrogens with zero attached hydrogens (tertiary/aromatic N) is 2. The van der Waals surface area contributed by atoms with Crippen LogP contribution in [0.5, 0.6) is 0 Å². The van der Waals surface area contributed by atoms with Crippen LogP contribution < -0.4 is 0 Å². The number of para-hydroxylation sites is 2. The van der Waals surface area contributed by atoms with Crippen LogP contribution in [0.15, 0.2) is 61.1 Å². The van der Waals surface area contributed by atoms with Gasteiger partial charge >= 0.3 is 0 Å². The van der Waals surface area contributed by atoms with Crippen LogP contribution in [-0.4, -0.2) is 19.9 Å². The van der Waals surface area contributed by atoms with Gasteiger partial charge in [0.05, 0.1) is 29.3 Å². The predicted molar refractivity (Wildman–Crippen MR) is 79.1 cm³/mol. The topological polar surface area (TPSA) is 57.4 Å². The maximum absolute atomic E-state index is 4.62. The highest BCUT2D eigenvalue weighted by molar-refractivity contribution is 5.80. The molecule has 4 nitrogen and oxygen atoms in total. The summed E-state index contributed by atoms with van der Waals surface area (Å²) in [5.41, 5.74) is 5.20. The molecule has 0 aliphatic rings. The Bertz CT molecular complexity index is 826. The summed E-state index contributed by atoms with van der Waals surface area (Å²) in [7, 11) is 0. The minimum absolute atomic E-state index is 0.882. The summed E-state index contributed by atoms with van der Waals surface area (Å²) in [6.45, 7) is 0. The van der Waals surface area contributed by atoms with E-state index < -0.39 is 0 Å². The summed E-state index contributed by atoms with van der Waals surface area (Å²) >= 11 is 0. The molecule has 0 saturated carbocycles. The number of nitrogens with one attached hydrogen (secondary N) is 2. The van der Waals surface area contributed by atoms with Crippen molar-refractivity contribution in [2.24, 2.45) is 0 Å². The number of benzene rings is 2. The van der Waals surface area contributed by atoms with E-state index in [0.717, 1.165) is 33.7 Å². The van der Waals surface area contributed by atoms with Gasteiger partial charge in [-0.2, -0.15) is 0 Å². The number of H-pyrrole nitrogens is 2. The molecule has 0 spiro atoms. The maximum atomic E-state index is 4.62. The molecule has 0 radical (unpaired) electrons. The highest BCUT2D eigenvalue weighted by atomic mass is 14.9. The molecule has 20 heavy (non-hydrogen) atoms. The van der Waals surface area contributed by atoms with Crippen LogP contribution in [-0.2, 0) is 0 Å². The Morgan fingerprint density at radius 1 is 0.900 bits per heavy atom. The van der Waals surface area contributed by atoms with Crippen molar-refractivity contribution < 1.29 is 0 Å². The minimum atomic E-state index is 0.882.